The van der Waals surface area contributed by atoms with E-state index in [2.05, 4.69) is 10.0 Å². The van der Waals surface area contributed by atoms with Gasteiger partial charge in [0.05, 0.1) is 11.9 Å². The van der Waals surface area contributed by atoms with Crippen molar-refractivity contribution >= 4 is 10.0 Å². The van der Waals surface area contributed by atoms with E-state index in [4.69, 9.17) is 4.74 Å². The SMILES string of the molecule is CCCC(COC)NS(=O)(=O)C(C)CNCC. The van der Waals surface area contributed by atoms with Gasteiger partial charge in [0.2, 0.25) is 10.0 Å². The fourth-order valence-electron chi connectivity index (χ4n) is 1.53. The zero-order chi connectivity index (χ0) is 13.3. The van der Waals surface area contributed by atoms with Crippen LogP contribution in [0.3, 0.4) is 0 Å². The van der Waals surface area contributed by atoms with Gasteiger partial charge in [-0.3, -0.25) is 0 Å². The highest BCUT2D eigenvalue weighted by Crippen LogP contribution is 2.04. The average molecular weight is 266 g/mol. The van der Waals surface area contributed by atoms with Crippen LogP contribution in [0.15, 0.2) is 0 Å². The van der Waals surface area contributed by atoms with E-state index >= 15 is 0 Å². The van der Waals surface area contributed by atoms with Gasteiger partial charge in [-0.25, -0.2) is 13.1 Å². The number of hydrogen-bond donors (Lipinski definition) is 2. The summed E-state index contributed by atoms with van der Waals surface area (Å²) in [6.07, 6.45) is 1.72. The molecule has 0 radical (unpaired) electrons. The van der Waals surface area contributed by atoms with Crippen molar-refractivity contribution < 1.29 is 13.2 Å². The lowest BCUT2D eigenvalue weighted by Crippen LogP contribution is -2.45. The number of ether oxygens (including phenoxy) is 1. The van der Waals surface area contributed by atoms with E-state index < -0.39 is 15.3 Å². The summed E-state index contributed by atoms with van der Waals surface area (Å²) >= 11 is 0. The van der Waals surface area contributed by atoms with Crippen molar-refractivity contribution in [3.63, 3.8) is 0 Å². The number of nitrogens with one attached hydrogen (secondary N) is 2. The molecule has 0 aliphatic rings. The van der Waals surface area contributed by atoms with Crippen molar-refractivity contribution in [2.45, 2.75) is 44.9 Å². The first kappa shape index (κ1) is 16.8. The number of methoxy groups -OCH3 is 1. The second-order valence-corrected chi connectivity index (χ2v) is 6.35. The predicted octanol–water partition coefficient (Wildman–Crippen LogP) is 0.719. The molecule has 0 amide bonds. The fourth-order valence-corrected chi connectivity index (χ4v) is 2.75. The van der Waals surface area contributed by atoms with E-state index in [1.807, 2.05) is 13.8 Å². The summed E-state index contributed by atoms with van der Waals surface area (Å²) in [6, 6.07) is -0.126. The Bertz CT molecular complexity index is 274. The highest BCUT2D eigenvalue weighted by molar-refractivity contribution is 7.90. The molecule has 0 spiro atoms. The summed E-state index contributed by atoms with van der Waals surface area (Å²) in [7, 11) is -1.69. The molecule has 0 aliphatic carbocycles. The second-order valence-electron chi connectivity index (χ2n) is 4.22. The summed E-state index contributed by atoms with van der Waals surface area (Å²) in [5, 5.41) is 2.61. The zero-order valence-electron chi connectivity index (χ0n) is 11.3. The lowest BCUT2D eigenvalue weighted by atomic mass is 10.2. The third-order valence-corrected chi connectivity index (χ3v) is 4.44. The van der Waals surface area contributed by atoms with Crippen LogP contribution in [0.2, 0.25) is 0 Å². The third-order valence-electron chi connectivity index (χ3n) is 2.55. The molecule has 2 unspecified atom stereocenters. The molecule has 0 aliphatic heterocycles. The van der Waals surface area contributed by atoms with E-state index in [1.165, 1.54) is 0 Å². The largest absolute Gasteiger partial charge is 0.383 e. The van der Waals surface area contributed by atoms with Crippen LogP contribution in [0, 0.1) is 0 Å². The average Bonchev–Trinajstić information content (AvgIpc) is 2.26. The van der Waals surface area contributed by atoms with Crippen molar-refractivity contribution in [2.24, 2.45) is 0 Å². The summed E-state index contributed by atoms with van der Waals surface area (Å²) in [4.78, 5) is 0. The number of sulfonamides is 1. The first-order valence-electron chi connectivity index (χ1n) is 6.18. The van der Waals surface area contributed by atoms with Crippen molar-refractivity contribution in [1.29, 1.82) is 0 Å². The lowest BCUT2D eigenvalue weighted by molar-refractivity contribution is 0.171. The molecule has 0 fully saturated rings. The normalized spacial score (nSPS) is 15.8. The molecule has 0 aromatic heterocycles. The summed E-state index contributed by atoms with van der Waals surface area (Å²) in [5.74, 6) is 0. The van der Waals surface area contributed by atoms with Gasteiger partial charge in [-0.05, 0) is 19.9 Å². The van der Waals surface area contributed by atoms with Crippen LogP contribution < -0.4 is 10.0 Å². The summed E-state index contributed by atoms with van der Waals surface area (Å²) in [6.45, 7) is 7.35. The molecule has 0 saturated heterocycles. The smallest absolute Gasteiger partial charge is 0.215 e. The van der Waals surface area contributed by atoms with Gasteiger partial charge < -0.3 is 10.1 Å². The summed E-state index contributed by atoms with van der Waals surface area (Å²) in [5.41, 5.74) is 0. The molecule has 0 saturated carbocycles. The molecule has 2 N–H and O–H groups in total. The molecule has 6 heteroatoms. The Hall–Kier alpha value is -0.170. The molecule has 0 aromatic rings. The van der Waals surface area contributed by atoms with Crippen molar-refractivity contribution in [2.75, 3.05) is 26.8 Å². The predicted molar refractivity (Wildman–Crippen MR) is 70.6 cm³/mol. The van der Waals surface area contributed by atoms with Crippen molar-refractivity contribution in [3.05, 3.63) is 0 Å². The Morgan fingerprint density at radius 2 is 1.94 bits per heavy atom. The standard InChI is InChI=1S/C11H26N2O3S/c1-5-7-11(9-16-4)13-17(14,15)10(3)8-12-6-2/h10-13H,5-9H2,1-4H3. The Balaban J connectivity index is 4.37. The fraction of sp³-hybridized carbons (Fsp3) is 1.00. The van der Waals surface area contributed by atoms with Gasteiger partial charge in [-0.2, -0.15) is 0 Å². The van der Waals surface area contributed by atoms with Crippen LogP contribution in [-0.2, 0) is 14.8 Å². The first-order chi connectivity index (χ1) is 7.97. The monoisotopic (exact) mass is 266 g/mol. The van der Waals surface area contributed by atoms with Gasteiger partial charge in [0, 0.05) is 19.7 Å². The Kier molecular flexibility index (Phi) is 8.77. The third kappa shape index (κ3) is 6.98. The Morgan fingerprint density at radius 3 is 2.41 bits per heavy atom. The highest BCUT2D eigenvalue weighted by atomic mass is 32.2. The molecule has 2 atom stereocenters. The van der Waals surface area contributed by atoms with Crippen LogP contribution in [0.4, 0.5) is 0 Å². The number of hydrogen-bond acceptors (Lipinski definition) is 4. The minimum absolute atomic E-state index is 0.126. The van der Waals surface area contributed by atoms with E-state index in [0.29, 0.717) is 13.2 Å². The van der Waals surface area contributed by atoms with Gasteiger partial charge in [-0.1, -0.05) is 20.3 Å². The molecular weight excluding hydrogens is 240 g/mol. The molecule has 5 nitrogen and oxygen atoms in total. The van der Waals surface area contributed by atoms with E-state index in [-0.39, 0.29) is 6.04 Å². The molecule has 0 aromatic carbocycles. The van der Waals surface area contributed by atoms with Crippen molar-refractivity contribution in [3.8, 4) is 0 Å². The maximum atomic E-state index is 12.0. The molecule has 17 heavy (non-hydrogen) atoms. The van der Waals surface area contributed by atoms with E-state index in [0.717, 1.165) is 19.4 Å². The first-order valence-corrected chi connectivity index (χ1v) is 7.73. The van der Waals surface area contributed by atoms with Gasteiger partial charge in [0.1, 0.15) is 0 Å². The van der Waals surface area contributed by atoms with Crippen LogP contribution >= 0.6 is 0 Å². The van der Waals surface area contributed by atoms with Gasteiger partial charge >= 0.3 is 0 Å². The molecule has 0 heterocycles. The van der Waals surface area contributed by atoms with Gasteiger partial charge in [0.15, 0.2) is 0 Å². The van der Waals surface area contributed by atoms with Crippen LogP contribution in [-0.4, -0.2) is 46.5 Å². The maximum absolute atomic E-state index is 12.0. The molecule has 0 bridgehead atoms. The minimum Gasteiger partial charge on any atom is -0.383 e. The van der Waals surface area contributed by atoms with E-state index in [1.54, 1.807) is 14.0 Å². The van der Waals surface area contributed by atoms with Gasteiger partial charge in [0.25, 0.3) is 0 Å². The number of rotatable bonds is 10. The topological polar surface area (TPSA) is 67.4 Å². The van der Waals surface area contributed by atoms with E-state index in [9.17, 15) is 8.42 Å². The Labute approximate surface area is 105 Å². The van der Waals surface area contributed by atoms with Crippen LogP contribution in [0.1, 0.15) is 33.6 Å². The van der Waals surface area contributed by atoms with Crippen molar-refractivity contribution in [1.82, 2.24) is 10.0 Å². The zero-order valence-corrected chi connectivity index (χ0v) is 12.1. The van der Waals surface area contributed by atoms with Gasteiger partial charge in [-0.15, -0.1) is 0 Å². The second kappa shape index (κ2) is 8.85. The maximum Gasteiger partial charge on any atom is 0.215 e. The molecule has 104 valence electrons. The minimum atomic E-state index is -3.27. The lowest BCUT2D eigenvalue weighted by Gasteiger charge is -2.20. The molecular formula is C11H26N2O3S. The quantitative estimate of drug-likeness (QED) is 0.611. The Morgan fingerprint density at radius 1 is 1.29 bits per heavy atom. The van der Waals surface area contributed by atoms with Crippen LogP contribution in [0.25, 0.3) is 0 Å². The summed E-state index contributed by atoms with van der Waals surface area (Å²) < 4.78 is 31.7. The molecule has 0 rings (SSSR count). The van der Waals surface area contributed by atoms with Crippen LogP contribution in [0.5, 0.6) is 0 Å². The highest BCUT2D eigenvalue weighted by Gasteiger charge is 2.23.